The molecule has 0 unspecified atom stereocenters. The third-order valence-corrected chi connectivity index (χ3v) is 5.50. The predicted molar refractivity (Wildman–Crippen MR) is 114 cm³/mol. The number of nitrogens with one attached hydrogen (secondary N) is 1. The summed E-state index contributed by atoms with van der Waals surface area (Å²) in [6.07, 6.45) is -0.537. The lowest BCUT2D eigenvalue weighted by Gasteiger charge is -2.34. The van der Waals surface area contributed by atoms with Crippen molar-refractivity contribution in [2.45, 2.75) is 33.4 Å². The van der Waals surface area contributed by atoms with Crippen LogP contribution in [0.5, 0.6) is 5.75 Å². The van der Waals surface area contributed by atoms with Gasteiger partial charge >= 0.3 is 0 Å². The average molecular weight is 382 g/mol. The van der Waals surface area contributed by atoms with E-state index in [1.807, 2.05) is 32.0 Å². The fourth-order valence-corrected chi connectivity index (χ4v) is 3.32. The highest BCUT2D eigenvalue weighted by molar-refractivity contribution is 5.80. The number of amides is 1. The van der Waals surface area contributed by atoms with Crippen LogP contribution < -0.4 is 15.0 Å². The molecule has 1 amide bonds. The Bertz CT molecular complexity index is 796. The van der Waals surface area contributed by atoms with E-state index in [2.05, 4.69) is 46.4 Å². The van der Waals surface area contributed by atoms with Crippen molar-refractivity contribution in [2.75, 3.05) is 38.1 Å². The molecule has 1 fully saturated rings. The van der Waals surface area contributed by atoms with Crippen LogP contribution >= 0.6 is 0 Å². The number of benzene rings is 2. The van der Waals surface area contributed by atoms with Crippen LogP contribution in [0.1, 0.15) is 23.6 Å². The van der Waals surface area contributed by atoms with Crippen molar-refractivity contribution < 1.29 is 9.53 Å². The number of ether oxygens (including phenoxy) is 1. The number of nitrogens with zero attached hydrogens (tertiary/aromatic N) is 2. The number of piperazine rings is 1. The van der Waals surface area contributed by atoms with E-state index in [4.69, 9.17) is 4.74 Å². The van der Waals surface area contributed by atoms with Gasteiger partial charge in [-0.1, -0.05) is 24.3 Å². The van der Waals surface area contributed by atoms with Gasteiger partial charge in [-0.15, -0.1) is 0 Å². The van der Waals surface area contributed by atoms with Crippen molar-refractivity contribution in [3.05, 3.63) is 59.2 Å². The number of likely N-dealkylation sites (N-methyl/N-ethyl adjacent to an activating group) is 1. The van der Waals surface area contributed by atoms with Crippen molar-refractivity contribution in [3.63, 3.8) is 0 Å². The number of carbonyl (C=O) groups is 1. The summed E-state index contributed by atoms with van der Waals surface area (Å²) in [4.78, 5) is 17.2. The fraction of sp³-hybridized carbons (Fsp3) is 0.435. The lowest BCUT2D eigenvalue weighted by atomic mass is 10.1. The Morgan fingerprint density at radius 1 is 1.07 bits per heavy atom. The zero-order valence-electron chi connectivity index (χ0n) is 17.4. The number of anilines is 1. The minimum atomic E-state index is -0.537. The van der Waals surface area contributed by atoms with E-state index in [0.717, 1.165) is 48.6 Å². The molecule has 1 saturated heterocycles. The van der Waals surface area contributed by atoms with E-state index in [0.29, 0.717) is 6.54 Å². The normalized spacial score (nSPS) is 15.9. The number of rotatable bonds is 6. The number of carbonyl (C=O) groups excluding carboxylic acids is 1. The molecule has 0 spiro atoms. The molecule has 3 rings (SSSR count). The van der Waals surface area contributed by atoms with Gasteiger partial charge in [-0.25, -0.2) is 0 Å². The first-order valence-corrected chi connectivity index (χ1v) is 9.97. The molecule has 2 aromatic carbocycles. The van der Waals surface area contributed by atoms with Crippen molar-refractivity contribution in [3.8, 4) is 5.75 Å². The summed E-state index contributed by atoms with van der Waals surface area (Å²) >= 11 is 0. The van der Waals surface area contributed by atoms with Gasteiger partial charge in [0.2, 0.25) is 0 Å². The topological polar surface area (TPSA) is 44.8 Å². The molecule has 1 N–H and O–H groups in total. The lowest BCUT2D eigenvalue weighted by molar-refractivity contribution is -0.127. The third kappa shape index (κ3) is 5.04. The first-order chi connectivity index (χ1) is 13.4. The Labute approximate surface area is 168 Å². The van der Waals surface area contributed by atoms with E-state index < -0.39 is 6.10 Å². The fourth-order valence-electron chi connectivity index (χ4n) is 3.32. The van der Waals surface area contributed by atoms with Crippen LogP contribution in [0.2, 0.25) is 0 Å². The standard InChI is InChI=1S/C23H31N3O2/c1-17-6-5-7-22(18(17)2)28-19(3)23(27)24-16-20-8-10-21(11-9-20)26-14-12-25(4)13-15-26/h5-11,19H,12-16H2,1-4H3,(H,24,27)/t19-/m1/s1. The van der Waals surface area contributed by atoms with Crippen LogP contribution in [0.3, 0.4) is 0 Å². The zero-order valence-corrected chi connectivity index (χ0v) is 17.4. The average Bonchev–Trinajstić information content (AvgIpc) is 2.70. The number of hydrogen-bond acceptors (Lipinski definition) is 4. The summed E-state index contributed by atoms with van der Waals surface area (Å²) in [5, 5.41) is 2.97. The summed E-state index contributed by atoms with van der Waals surface area (Å²) < 4.78 is 5.86. The Hall–Kier alpha value is -2.53. The van der Waals surface area contributed by atoms with Gasteiger partial charge in [0.1, 0.15) is 5.75 Å². The molecule has 2 aromatic rings. The quantitative estimate of drug-likeness (QED) is 0.835. The van der Waals surface area contributed by atoms with Crippen LogP contribution in [0, 0.1) is 13.8 Å². The van der Waals surface area contributed by atoms with E-state index in [9.17, 15) is 4.79 Å². The zero-order chi connectivity index (χ0) is 20.1. The molecule has 1 heterocycles. The number of hydrogen-bond donors (Lipinski definition) is 1. The van der Waals surface area contributed by atoms with Crippen molar-refractivity contribution >= 4 is 11.6 Å². The summed E-state index contributed by atoms with van der Waals surface area (Å²) in [6.45, 7) is 10.6. The van der Waals surface area contributed by atoms with Crippen LogP contribution in [0.25, 0.3) is 0 Å². The molecule has 0 aliphatic carbocycles. The molecule has 5 nitrogen and oxygen atoms in total. The van der Waals surface area contributed by atoms with E-state index in [-0.39, 0.29) is 5.91 Å². The molecule has 1 aliphatic rings. The third-order valence-electron chi connectivity index (χ3n) is 5.50. The summed E-state index contributed by atoms with van der Waals surface area (Å²) in [7, 11) is 2.16. The predicted octanol–water partition coefficient (Wildman–Crippen LogP) is 3.14. The van der Waals surface area contributed by atoms with Gasteiger partial charge in [-0.3, -0.25) is 4.79 Å². The molecular weight excluding hydrogens is 350 g/mol. The van der Waals surface area contributed by atoms with Gasteiger partial charge in [0.15, 0.2) is 6.10 Å². The maximum atomic E-state index is 12.4. The molecule has 5 heteroatoms. The SMILES string of the molecule is Cc1cccc(O[C@H](C)C(=O)NCc2ccc(N3CCN(C)CC3)cc2)c1C. The Balaban J connectivity index is 1.50. The van der Waals surface area contributed by atoms with Gasteiger partial charge in [0, 0.05) is 38.4 Å². The number of aryl methyl sites for hydroxylation is 1. The van der Waals surface area contributed by atoms with Gasteiger partial charge in [-0.05, 0) is 62.7 Å². The van der Waals surface area contributed by atoms with Gasteiger partial charge in [0.05, 0.1) is 0 Å². The maximum absolute atomic E-state index is 12.4. The molecule has 1 atom stereocenters. The summed E-state index contributed by atoms with van der Waals surface area (Å²) in [6, 6.07) is 14.4. The molecule has 28 heavy (non-hydrogen) atoms. The Morgan fingerprint density at radius 2 is 1.75 bits per heavy atom. The second-order valence-corrected chi connectivity index (χ2v) is 7.63. The first-order valence-electron chi connectivity index (χ1n) is 9.97. The van der Waals surface area contributed by atoms with Crippen LogP contribution in [-0.2, 0) is 11.3 Å². The Morgan fingerprint density at radius 3 is 2.43 bits per heavy atom. The van der Waals surface area contributed by atoms with Crippen LogP contribution in [0.4, 0.5) is 5.69 Å². The first kappa shape index (κ1) is 20.2. The van der Waals surface area contributed by atoms with Crippen LogP contribution in [0.15, 0.2) is 42.5 Å². The molecule has 1 aliphatic heterocycles. The second kappa shape index (κ2) is 9.11. The Kier molecular flexibility index (Phi) is 6.57. The molecule has 0 aromatic heterocycles. The van der Waals surface area contributed by atoms with Crippen LogP contribution in [-0.4, -0.2) is 50.1 Å². The molecular formula is C23H31N3O2. The molecule has 150 valence electrons. The van der Waals surface area contributed by atoms with E-state index >= 15 is 0 Å². The van der Waals surface area contributed by atoms with E-state index in [1.54, 1.807) is 6.92 Å². The summed E-state index contributed by atoms with van der Waals surface area (Å²) in [5.41, 5.74) is 4.56. The minimum Gasteiger partial charge on any atom is -0.481 e. The highest BCUT2D eigenvalue weighted by Gasteiger charge is 2.16. The van der Waals surface area contributed by atoms with Gasteiger partial charge in [0.25, 0.3) is 5.91 Å². The van der Waals surface area contributed by atoms with Gasteiger partial charge in [-0.2, -0.15) is 0 Å². The monoisotopic (exact) mass is 381 g/mol. The summed E-state index contributed by atoms with van der Waals surface area (Å²) in [5.74, 6) is 0.656. The minimum absolute atomic E-state index is 0.107. The van der Waals surface area contributed by atoms with Gasteiger partial charge < -0.3 is 19.9 Å². The van der Waals surface area contributed by atoms with Crippen molar-refractivity contribution in [1.82, 2.24) is 10.2 Å². The second-order valence-electron chi connectivity index (χ2n) is 7.63. The highest BCUT2D eigenvalue weighted by atomic mass is 16.5. The lowest BCUT2D eigenvalue weighted by Crippen LogP contribution is -2.44. The highest BCUT2D eigenvalue weighted by Crippen LogP contribution is 2.22. The van der Waals surface area contributed by atoms with E-state index in [1.165, 1.54) is 5.69 Å². The maximum Gasteiger partial charge on any atom is 0.261 e. The molecule has 0 bridgehead atoms. The largest absolute Gasteiger partial charge is 0.481 e. The molecule has 0 radical (unpaired) electrons. The smallest absolute Gasteiger partial charge is 0.261 e. The molecule has 0 saturated carbocycles. The van der Waals surface area contributed by atoms with Crippen molar-refractivity contribution in [2.24, 2.45) is 0 Å². The van der Waals surface area contributed by atoms with Crippen molar-refractivity contribution in [1.29, 1.82) is 0 Å².